The van der Waals surface area contributed by atoms with E-state index < -0.39 is 5.97 Å². The molecule has 0 aliphatic carbocycles. The monoisotopic (exact) mass is 265 g/mol. The molecule has 1 heterocycles. The van der Waals surface area contributed by atoms with Crippen molar-refractivity contribution in [2.45, 2.75) is 39.8 Å². The van der Waals surface area contributed by atoms with Crippen molar-refractivity contribution in [1.29, 1.82) is 0 Å². The van der Waals surface area contributed by atoms with E-state index in [1.807, 2.05) is 0 Å². The summed E-state index contributed by atoms with van der Waals surface area (Å²) in [4.78, 5) is 17.0. The Bertz CT molecular complexity index is 411. The number of carboxylic acid groups (broad SMARTS) is 1. The van der Waals surface area contributed by atoms with Gasteiger partial charge in [0.2, 0.25) is 0 Å². The van der Waals surface area contributed by atoms with Gasteiger partial charge in [-0.15, -0.1) is 0 Å². The normalized spacial score (nSPS) is 11.3. The topological polar surface area (TPSA) is 65.5 Å². The molecule has 0 aliphatic rings. The second kappa shape index (κ2) is 7.09. The molecule has 1 aromatic rings. The van der Waals surface area contributed by atoms with Crippen molar-refractivity contribution in [3.05, 3.63) is 24.0 Å². The Kier molecular flexibility index (Phi) is 5.76. The van der Waals surface area contributed by atoms with Crippen LogP contribution in [0.25, 0.3) is 0 Å². The Hall–Kier alpha value is -1.62. The maximum Gasteiger partial charge on any atom is 0.354 e. The lowest BCUT2D eigenvalue weighted by atomic mass is 10.2. The Labute approximate surface area is 114 Å². The molecule has 5 heteroatoms. The van der Waals surface area contributed by atoms with Crippen LogP contribution < -0.4 is 5.32 Å². The van der Waals surface area contributed by atoms with Crippen LogP contribution in [0.15, 0.2) is 18.3 Å². The number of rotatable bonds is 7. The van der Waals surface area contributed by atoms with E-state index in [1.165, 1.54) is 6.20 Å². The molecular formula is C14H23N3O2. The number of aromatic carboxylic acids is 1. The Balaban J connectivity index is 2.53. The van der Waals surface area contributed by atoms with Crippen LogP contribution in [0, 0.1) is 0 Å². The van der Waals surface area contributed by atoms with Crippen molar-refractivity contribution >= 4 is 11.7 Å². The highest BCUT2D eigenvalue weighted by molar-refractivity contribution is 5.86. The van der Waals surface area contributed by atoms with Crippen LogP contribution in [0.5, 0.6) is 0 Å². The molecule has 0 bridgehead atoms. The zero-order valence-corrected chi connectivity index (χ0v) is 12.1. The van der Waals surface area contributed by atoms with E-state index in [-0.39, 0.29) is 5.69 Å². The van der Waals surface area contributed by atoms with Gasteiger partial charge in [0.1, 0.15) is 5.69 Å². The smallest absolute Gasteiger partial charge is 0.354 e. The van der Waals surface area contributed by atoms with E-state index in [9.17, 15) is 4.79 Å². The molecule has 0 spiro atoms. The first-order valence-electron chi connectivity index (χ1n) is 6.60. The zero-order valence-electron chi connectivity index (χ0n) is 12.1. The number of hydrogen-bond donors (Lipinski definition) is 2. The molecule has 0 aliphatic heterocycles. The van der Waals surface area contributed by atoms with Crippen molar-refractivity contribution in [3.8, 4) is 0 Å². The van der Waals surface area contributed by atoms with Crippen LogP contribution in [0.2, 0.25) is 0 Å². The van der Waals surface area contributed by atoms with Gasteiger partial charge in [-0.3, -0.25) is 4.90 Å². The van der Waals surface area contributed by atoms with Crippen molar-refractivity contribution < 1.29 is 9.90 Å². The van der Waals surface area contributed by atoms with Crippen LogP contribution >= 0.6 is 0 Å². The van der Waals surface area contributed by atoms with E-state index >= 15 is 0 Å². The first-order chi connectivity index (χ1) is 8.91. The number of carbonyl (C=O) groups is 1. The van der Waals surface area contributed by atoms with Gasteiger partial charge in [0.25, 0.3) is 0 Å². The fraction of sp³-hybridized carbons (Fsp3) is 0.571. The van der Waals surface area contributed by atoms with Gasteiger partial charge in [-0.05, 0) is 39.8 Å². The second-order valence-corrected chi connectivity index (χ2v) is 5.09. The maximum absolute atomic E-state index is 10.8. The molecular weight excluding hydrogens is 242 g/mol. The molecule has 5 nitrogen and oxygen atoms in total. The summed E-state index contributed by atoms with van der Waals surface area (Å²) in [5.74, 6) is -1.00. The molecule has 0 aromatic carbocycles. The minimum absolute atomic E-state index is 0.0644. The summed E-state index contributed by atoms with van der Waals surface area (Å²) in [6.45, 7) is 10.4. The largest absolute Gasteiger partial charge is 0.477 e. The van der Waals surface area contributed by atoms with Crippen molar-refractivity contribution in [2.24, 2.45) is 0 Å². The molecule has 2 N–H and O–H groups in total. The third kappa shape index (κ3) is 4.87. The van der Waals surface area contributed by atoms with E-state index in [4.69, 9.17) is 5.11 Å². The van der Waals surface area contributed by atoms with Gasteiger partial charge in [0.05, 0.1) is 0 Å². The Morgan fingerprint density at radius 2 is 2.00 bits per heavy atom. The van der Waals surface area contributed by atoms with Gasteiger partial charge in [-0.25, -0.2) is 9.78 Å². The number of nitrogens with zero attached hydrogens (tertiary/aromatic N) is 2. The first-order valence-corrected chi connectivity index (χ1v) is 6.60. The summed E-state index contributed by atoms with van der Waals surface area (Å²) >= 11 is 0. The van der Waals surface area contributed by atoms with E-state index in [0.717, 1.165) is 18.8 Å². The predicted molar refractivity (Wildman–Crippen MR) is 76.7 cm³/mol. The molecule has 0 unspecified atom stereocenters. The van der Waals surface area contributed by atoms with Crippen molar-refractivity contribution in [2.75, 3.05) is 18.4 Å². The average Bonchev–Trinajstić information content (AvgIpc) is 2.34. The summed E-state index contributed by atoms with van der Waals surface area (Å²) in [5, 5.41) is 12.1. The van der Waals surface area contributed by atoms with Gasteiger partial charge in [-0.1, -0.05) is 0 Å². The highest BCUT2D eigenvalue weighted by Crippen LogP contribution is 2.09. The standard InChI is InChI=1S/C14H23N3O2/c1-10(2)17(11(3)4)8-7-15-12-5-6-16-13(9-12)14(18)19/h5-6,9-11H,7-8H2,1-4H3,(H,15,16)(H,18,19). The molecule has 0 amide bonds. The third-order valence-electron chi connectivity index (χ3n) is 3.00. The van der Waals surface area contributed by atoms with Gasteiger partial charge in [-0.2, -0.15) is 0 Å². The summed E-state index contributed by atoms with van der Waals surface area (Å²) in [6, 6.07) is 4.32. The molecule has 1 aromatic heterocycles. The van der Waals surface area contributed by atoms with Gasteiger partial charge in [0, 0.05) is 37.1 Å². The fourth-order valence-electron chi connectivity index (χ4n) is 2.10. The highest BCUT2D eigenvalue weighted by atomic mass is 16.4. The second-order valence-electron chi connectivity index (χ2n) is 5.09. The van der Waals surface area contributed by atoms with Crippen LogP contribution in [0.4, 0.5) is 5.69 Å². The molecule has 19 heavy (non-hydrogen) atoms. The molecule has 0 atom stereocenters. The van der Waals surface area contributed by atoms with E-state index in [1.54, 1.807) is 12.1 Å². The quantitative estimate of drug-likeness (QED) is 0.792. The predicted octanol–water partition coefficient (Wildman–Crippen LogP) is 2.31. The van der Waals surface area contributed by atoms with Crippen molar-refractivity contribution in [1.82, 2.24) is 9.88 Å². The van der Waals surface area contributed by atoms with Crippen LogP contribution in [-0.2, 0) is 0 Å². The number of anilines is 1. The minimum atomic E-state index is -1.00. The summed E-state index contributed by atoms with van der Waals surface area (Å²) in [6.07, 6.45) is 1.51. The minimum Gasteiger partial charge on any atom is -0.477 e. The Morgan fingerprint density at radius 1 is 1.37 bits per heavy atom. The maximum atomic E-state index is 10.8. The number of carboxylic acids is 1. The third-order valence-corrected chi connectivity index (χ3v) is 3.00. The Morgan fingerprint density at radius 3 is 2.53 bits per heavy atom. The van der Waals surface area contributed by atoms with Gasteiger partial charge >= 0.3 is 5.97 Å². The molecule has 0 fully saturated rings. The van der Waals surface area contributed by atoms with E-state index in [2.05, 4.69) is 42.9 Å². The lowest BCUT2D eigenvalue weighted by Gasteiger charge is -2.30. The van der Waals surface area contributed by atoms with Crippen LogP contribution in [0.1, 0.15) is 38.2 Å². The average molecular weight is 265 g/mol. The zero-order chi connectivity index (χ0) is 14.4. The summed E-state index contributed by atoms with van der Waals surface area (Å²) < 4.78 is 0. The molecule has 1 rings (SSSR count). The van der Waals surface area contributed by atoms with Gasteiger partial charge < -0.3 is 10.4 Å². The number of hydrogen-bond acceptors (Lipinski definition) is 4. The lowest BCUT2D eigenvalue weighted by Crippen LogP contribution is -2.40. The lowest BCUT2D eigenvalue weighted by molar-refractivity contribution is 0.0690. The summed E-state index contributed by atoms with van der Waals surface area (Å²) in [5.41, 5.74) is 0.856. The van der Waals surface area contributed by atoms with Crippen LogP contribution in [0.3, 0.4) is 0 Å². The van der Waals surface area contributed by atoms with E-state index in [0.29, 0.717) is 12.1 Å². The molecule has 0 radical (unpaired) electrons. The fourth-order valence-corrected chi connectivity index (χ4v) is 2.10. The first kappa shape index (κ1) is 15.4. The molecule has 0 saturated heterocycles. The SMILES string of the molecule is CC(C)N(CCNc1ccnc(C(=O)O)c1)C(C)C. The summed E-state index contributed by atoms with van der Waals surface area (Å²) in [7, 11) is 0. The number of aromatic nitrogens is 1. The highest BCUT2D eigenvalue weighted by Gasteiger charge is 2.12. The van der Waals surface area contributed by atoms with Crippen molar-refractivity contribution in [3.63, 3.8) is 0 Å². The molecule has 0 saturated carbocycles. The molecule has 106 valence electrons. The van der Waals surface area contributed by atoms with Gasteiger partial charge in [0.15, 0.2) is 0 Å². The number of pyridine rings is 1. The number of nitrogens with one attached hydrogen (secondary N) is 1. The van der Waals surface area contributed by atoms with Crippen LogP contribution in [-0.4, -0.2) is 46.1 Å².